The highest BCUT2D eigenvalue weighted by atomic mass is 35.5. The van der Waals surface area contributed by atoms with E-state index in [0.29, 0.717) is 29.4 Å². The third-order valence-corrected chi connectivity index (χ3v) is 10.6. The third-order valence-electron chi connectivity index (χ3n) is 8.11. The van der Waals surface area contributed by atoms with Crippen LogP contribution in [0.1, 0.15) is 56.6 Å². The van der Waals surface area contributed by atoms with Crippen LogP contribution in [0.2, 0.25) is 5.02 Å². The van der Waals surface area contributed by atoms with Gasteiger partial charge in [-0.15, -0.1) is 0 Å². The van der Waals surface area contributed by atoms with Crippen LogP contribution in [0.25, 0.3) is 0 Å². The largest absolute Gasteiger partial charge is 0.488 e. The Labute approximate surface area is 260 Å². The Bertz CT molecular complexity index is 1450. The standard InChI is InChI=1S/C30H44ClN7O4S/c1-18(2)17-43(39,40)29-26(15-38(5)36-29)33-28-24(31)14-32-30(35-28)34-25-11-19(3)23(13-27(25)42-22-7-8-22)20-9-10-37(4)21(12-20)16-41-6/h11,13-15,18,20-22,29,36H,7-10,12,16-17H2,1-6H3,(H2,32,33,34,35). The maximum atomic E-state index is 13.1. The van der Waals surface area contributed by atoms with Crippen molar-refractivity contribution in [2.24, 2.45) is 5.92 Å². The average Bonchev–Trinajstić information content (AvgIpc) is 3.67. The molecule has 5 rings (SSSR count). The van der Waals surface area contributed by atoms with Crippen LogP contribution in [0.4, 0.5) is 17.5 Å². The predicted molar refractivity (Wildman–Crippen MR) is 170 cm³/mol. The molecule has 0 spiro atoms. The van der Waals surface area contributed by atoms with Crippen molar-refractivity contribution in [1.29, 1.82) is 0 Å². The summed E-state index contributed by atoms with van der Waals surface area (Å²) in [4.78, 5) is 11.4. The number of rotatable bonds is 12. The van der Waals surface area contributed by atoms with Gasteiger partial charge in [0.25, 0.3) is 0 Å². The molecule has 3 unspecified atom stereocenters. The summed E-state index contributed by atoms with van der Waals surface area (Å²) in [6.45, 7) is 7.64. The fourth-order valence-corrected chi connectivity index (χ4v) is 7.91. The first kappa shape index (κ1) is 31.8. The van der Waals surface area contributed by atoms with Crippen LogP contribution in [0.15, 0.2) is 30.2 Å². The summed E-state index contributed by atoms with van der Waals surface area (Å²) in [5, 5.41) is 7.45. The molecule has 0 radical (unpaired) electrons. The molecular weight excluding hydrogens is 590 g/mol. The summed E-state index contributed by atoms with van der Waals surface area (Å²) in [7, 11) is 2.19. The van der Waals surface area contributed by atoms with Crippen LogP contribution in [0.5, 0.6) is 5.75 Å². The monoisotopic (exact) mass is 633 g/mol. The zero-order valence-electron chi connectivity index (χ0n) is 25.9. The number of likely N-dealkylation sites (N-methyl/N-ethyl adjacent to an activating group) is 1. The van der Waals surface area contributed by atoms with E-state index < -0.39 is 15.2 Å². The normalized spacial score (nSPS) is 23.0. The highest BCUT2D eigenvalue weighted by molar-refractivity contribution is 7.92. The van der Waals surface area contributed by atoms with Crippen molar-refractivity contribution in [2.75, 3.05) is 50.7 Å². The Morgan fingerprint density at radius 1 is 1.19 bits per heavy atom. The quantitative estimate of drug-likeness (QED) is 0.303. The topological polar surface area (TPSA) is 121 Å². The van der Waals surface area contributed by atoms with E-state index in [9.17, 15) is 8.42 Å². The van der Waals surface area contributed by atoms with Gasteiger partial charge in [-0.1, -0.05) is 25.4 Å². The fraction of sp³-hybridized carbons (Fsp3) is 0.600. The van der Waals surface area contributed by atoms with Crippen LogP contribution in [0.3, 0.4) is 0 Å². The minimum atomic E-state index is -3.48. The molecule has 1 aromatic heterocycles. The van der Waals surface area contributed by atoms with Gasteiger partial charge >= 0.3 is 0 Å². The van der Waals surface area contributed by atoms with Crippen molar-refractivity contribution >= 4 is 38.9 Å². The average molecular weight is 634 g/mol. The summed E-state index contributed by atoms with van der Waals surface area (Å²) in [6.07, 6.45) is 7.59. The number of hydrogen-bond acceptors (Lipinski definition) is 11. The van der Waals surface area contributed by atoms with Crippen molar-refractivity contribution in [1.82, 2.24) is 25.3 Å². The lowest BCUT2D eigenvalue weighted by Gasteiger charge is -2.37. The number of halogens is 1. The molecule has 13 heteroatoms. The first-order chi connectivity index (χ1) is 20.4. The van der Waals surface area contributed by atoms with Crippen molar-refractivity contribution in [2.45, 2.75) is 69.9 Å². The second-order valence-corrected chi connectivity index (χ2v) is 14.9. The van der Waals surface area contributed by atoms with E-state index in [0.717, 1.165) is 50.3 Å². The molecule has 3 heterocycles. The van der Waals surface area contributed by atoms with E-state index in [1.54, 1.807) is 25.4 Å². The van der Waals surface area contributed by atoms with Crippen LogP contribution in [-0.2, 0) is 14.6 Å². The number of hydrazine groups is 1. The smallest absolute Gasteiger partial charge is 0.229 e. The Morgan fingerprint density at radius 3 is 2.65 bits per heavy atom. The number of anilines is 3. The van der Waals surface area contributed by atoms with Gasteiger partial charge in [0.15, 0.2) is 21.0 Å². The van der Waals surface area contributed by atoms with Gasteiger partial charge in [0.2, 0.25) is 5.95 Å². The maximum Gasteiger partial charge on any atom is 0.229 e. The highest BCUT2D eigenvalue weighted by Crippen LogP contribution is 2.41. The number of nitrogens with zero attached hydrogens (tertiary/aromatic N) is 4. The minimum Gasteiger partial charge on any atom is -0.488 e. The van der Waals surface area contributed by atoms with Crippen LogP contribution in [0, 0.1) is 12.8 Å². The van der Waals surface area contributed by atoms with Crippen LogP contribution >= 0.6 is 11.6 Å². The second kappa shape index (κ2) is 13.2. The van der Waals surface area contributed by atoms with Crippen LogP contribution in [-0.4, -0.2) is 85.9 Å². The Balaban J connectivity index is 1.39. The zero-order valence-corrected chi connectivity index (χ0v) is 27.4. The zero-order chi connectivity index (χ0) is 30.9. The molecule has 1 saturated heterocycles. The number of methoxy groups -OCH3 is 1. The van der Waals surface area contributed by atoms with Gasteiger partial charge in [-0.2, -0.15) is 4.98 Å². The predicted octanol–water partition coefficient (Wildman–Crippen LogP) is 4.65. The number of aromatic nitrogens is 2. The molecule has 3 aliphatic rings. The second-order valence-electron chi connectivity index (χ2n) is 12.4. The number of piperidine rings is 1. The molecule has 236 valence electrons. The molecule has 2 aliphatic heterocycles. The molecule has 3 atom stereocenters. The minimum absolute atomic E-state index is 0.00877. The lowest BCUT2D eigenvalue weighted by Crippen LogP contribution is -2.42. The number of sulfone groups is 1. The van der Waals surface area contributed by atoms with Gasteiger partial charge in [0.1, 0.15) is 10.8 Å². The fourth-order valence-electron chi connectivity index (χ4n) is 5.82. The summed E-state index contributed by atoms with van der Waals surface area (Å²) in [6, 6.07) is 4.67. The van der Waals surface area contributed by atoms with Gasteiger partial charge in [-0.25, -0.2) is 18.8 Å². The van der Waals surface area contributed by atoms with E-state index in [2.05, 4.69) is 57.0 Å². The molecule has 1 aliphatic carbocycles. The number of nitrogens with one attached hydrogen (secondary N) is 3. The Kier molecular flexibility index (Phi) is 9.72. The van der Waals surface area contributed by atoms with E-state index in [-0.39, 0.29) is 22.8 Å². The molecule has 43 heavy (non-hydrogen) atoms. The number of hydrogen-bond donors (Lipinski definition) is 3. The van der Waals surface area contributed by atoms with Crippen molar-refractivity contribution < 1.29 is 17.9 Å². The summed E-state index contributed by atoms with van der Waals surface area (Å²) < 4.78 is 38.0. The molecule has 3 N–H and O–H groups in total. The van der Waals surface area contributed by atoms with Gasteiger partial charge in [-0.3, -0.25) is 0 Å². The Morgan fingerprint density at radius 2 is 1.95 bits per heavy atom. The number of aryl methyl sites for hydroxylation is 1. The van der Waals surface area contributed by atoms with E-state index in [1.807, 2.05) is 13.8 Å². The summed E-state index contributed by atoms with van der Waals surface area (Å²) in [5.41, 5.74) is 6.68. The van der Waals surface area contributed by atoms with Crippen molar-refractivity contribution in [3.8, 4) is 5.75 Å². The first-order valence-electron chi connectivity index (χ1n) is 14.9. The van der Waals surface area contributed by atoms with Gasteiger partial charge in [-0.05, 0) is 81.3 Å². The SMILES string of the molecule is COCC1CC(c2cc(OC3CC3)c(Nc3ncc(Cl)c(NC4=CN(C)NC4S(=O)(=O)CC(C)C)n3)cc2C)CCN1C. The van der Waals surface area contributed by atoms with Gasteiger partial charge < -0.3 is 30.0 Å². The third kappa shape index (κ3) is 7.72. The molecule has 1 aromatic carbocycles. The van der Waals surface area contributed by atoms with E-state index >= 15 is 0 Å². The maximum absolute atomic E-state index is 13.1. The lowest BCUT2D eigenvalue weighted by atomic mass is 9.83. The van der Waals surface area contributed by atoms with Crippen molar-refractivity contribution in [3.63, 3.8) is 0 Å². The number of likely N-dealkylation sites (tertiary alicyclic amines) is 1. The lowest BCUT2D eigenvalue weighted by molar-refractivity contribution is 0.0750. The molecule has 1 saturated carbocycles. The van der Waals surface area contributed by atoms with Crippen LogP contribution < -0.4 is 20.8 Å². The van der Waals surface area contributed by atoms with Gasteiger partial charge in [0.05, 0.1) is 36.0 Å². The molecule has 11 nitrogen and oxygen atoms in total. The summed E-state index contributed by atoms with van der Waals surface area (Å²) >= 11 is 6.48. The molecule has 2 fully saturated rings. The number of ether oxygens (including phenoxy) is 2. The molecule has 2 aromatic rings. The first-order valence-corrected chi connectivity index (χ1v) is 17.0. The number of benzene rings is 1. The molecule has 0 amide bonds. The molecular formula is C30H44ClN7O4S. The molecule has 0 bridgehead atoms. The Hall–Kier alpha value is -2.64. The van der Waals surface area contributed by atoms with Gasteiger partial charge in [0, 0.05) is 26.4 Å². The van der Waals surface area contributed by atoms with Crippen molar-refractivity contribution in [3.05, 3.63) is 46.4 Å². The van der Waals surface area contributed by atoms with E-state index in [4.69, 9.17) is 21.1 Å². The highest BCUT2D eigenvalue weighted by Gasteiger charge is 2.35. The van der Waals surface area contributed by atoms with E-state index in [1.165, 1.54) is 17.3 Å². The summed E-state index contributed by atoms with van der Waals surface area (Å²) in [5.74, 6) is 1.86.